The lowest BCUT2D eigenvalue weighted by Gasteiger charge is -2.19. The Balaban J connectivity index is 1.48. The predicted molar refractivity (Wildman–Crippen MR) is 102 cm³/mol. The molecule has 27 heavy (non-hydrogen) atoms. The second-order valence-electron chi connectivity index (χ2n) is 6.35. The molecule has 0 spiro atoms. The SMILES string of the molecule is Cc1nn(Cc2ccc(F)cc2)c(Cl)c1CNc1ccc2c(c1)OCCO2. The van der Waals surface area contributed by atoms with Crippen LogP contribution in [-0.2, 0) is 13.1 Å². The Kier molecular flexibility index (Phi) is 4.90. The molecule has 0 amide bonds. The quantitative estimate of drug-likeness (QED) is 0.704. The zero-order chi connectivity index (χ0) is 18.8. The van der Waals surface area contributed by atoms with Crippen LogP contribution in [0.1, 0.15) is 16.8 Å². The van der Waals surface area contributed by atoms with Crippen LogP contribution in [0.4, 0.5) is 10.1 Å². The molecule has 0 bridgehead atoms. The first-order valence-electron chi connectivity index (χ1n) is 8.70. The Labute approximate surface area is 161 Å². The van der Waals surface area contributed by atoms with E-state index in [1.54, 1.807) is 16.8 Å². The Morgan fingerprint density at radius 3 is 2.63 bits per heavy atom. The summed E-state index contributed by atoms with van der Waals surface area (Å²) in [5, 5.41) is 8.44. The van der Waals surface area contributed by atoms with Gasteiger partial charge in [-0.15, -0.1) is 0 Å². The second-order valence-corrected chi connectivity index (χ2v) is 6.71. The maximum Gasteiger partial charge on any atom is 0.163 e. The van der Waals surface area contributed by atoms with Gasteiger partial charge in [-0.1, -0.05) is 23.7 Å². The lowest BCUT2D eigenvalue weighted by molar-refractivity contribution is 0.171. The van der Waals surface area contributed by atoms with Crippen molar-refractivity contribution in [1.29, 1.82) is 0 Å². The summed E-state index contributed by atoms with van der Waals surface area (Å²) in [5.74, 6) is 1.24. The van der Waals surface area contributed by atoms with Crippen molar-refractivity contribution in [2.24, 2.45) is 0 Å². The number of ether oxygens (including phenoxy) is 2. The van der Waals surface area contributed by atoms with Crippen LogP contribution >= 0.6 is 11.6 Å². The minimum absolute atomic E-state index is 0.259. The number of benzene rings is 2. The average Bonchev–Trinajstić information content (AvgIpc) is 2.94. The molecule has 1 N–H and O–H groups in total. The van der Waals surface area contributed by atoms with E-state index in [2.05, 4.69) is 10.4 Å². The Morgan fingerprint density at radius 2 is 1.85 bits per heavy atom. The molecule has 3 aromatic rings. The minimum Gasteiger partial charge on any atom is -0.486 e. The van der Waals surface area contributed by atoms with Gasteiger partial charge in [0.1, 0.15) is 24.2 Å². The van der Waals surface area contributed by atoms with Gasteiger partial charge in [-0.3, -0.25) is 0 Å². The minimum atomic E-state index is -0.259. The highest BCUT2D eigenvalue weighted by Gasteiger charge is 2.15. The molecule has 0 aliphatic carbocycles. The van der Waals surface area contributed by atoms with Crippen molar-refractivity contribution < 1.29 is 13.9 Å². The molecule has 1 aromatic heterocycles. The van der Waals surface area contributed by atoms with E-state index in [0.29, 0.717) is 31.5 Å². The molecule has 2 aromatic carbocycles. The zero-order valence-electron chi connectivity index (χ0n) is 14.8. The van der Waals surface area contributed by atoms with E-state index in [9.17, 15) is 4.39 Å². The number of hydrogen-bond acceptors (Lipinski definition) is 4. The van der Waals surface area contributed by atoms with Gasteiger partial charge < -0.3 is 14.8 Å². The predicted octanol–water partition coefficient (Wildman–Crippen LogP) is 4.42. The average molecular weight is 388 g/mol. The molecule has 140 valence electrons. The topological polar surface area (TPSA) is 48.3 Å². The van der Waals surface area contributed by atoms with Crippen LogP contribution in [-0.4, -0.2) is 23.0 Å². The number of hydrogen-bond donors (Lipinski definition) is 1. The molecule has 0 saturated carbocycles. The summed E-state index contributed by atoms with van der Waals surface area (Å²) >= 11 is 6.53. The van der Waals surface area contributed by atoms with Gasteiger partial charge in [0.15, 0.2) is 11.5 Å². The van der Waals surface area contributed by atoms with E-state index in [-0.39, 0.29) is 5.82 Å². The van der Waals surface area contributed by atoms with Gasteiger partial charge in [0.2, 0.25) is 0 Å². The maximum absolute atomic E-state index is 13.1. The molecule has 0 radical (unpaired) electrons. The van der Waals surface area contributed by atoms with Crippen molar-refractivity contribution >= 4 is 17.3 Å². The van der Waals surface area contributed by atoms with Crippen LogP contribution in [0.2, 0.25) is 5.15 Å². The lowest BCUT2D eigenvalue weighted by Crippen LogP contribution is -2.15. The molecule has 4 rings (SSSR count). The monoisotopic (exact) mass is 387 g/mol. The van der Waals surface area contributed by atoms with Gasteiger partial charge in [0.25, 0.3) is 0 Å². The third kappa shape index (κ3) is 3.85. The van der Waals surface area contributed by atoms with E-state index < -0.39 is 0 Å². The van der Waals surface area contributed by atoms with E-state index in [4.69, 9.17) is 21.1 Å². The molecule has 0 fully saturated rings. The summed E-state index contributed by atoms with van der Waals surface area (Å²) < 4.78 is 25.9. The summed E-state index contributed by atoms with van der Waals surface area (Å²) in [6.45, 7) is 4.07. The number of fused-ring (bicyclic) bond motifs is 1. The van der Waals surface area contributed by atoms with Crippen molar-refractivity contribution in [3.05, 3.63) is 70.3 Å². The molecule has 7 heteroatoms. The number of anilines is 1. The molecule has 2 heterocycles. The highest BCUT2D eigenvalue weighted by Crippen LogP contribution is 2.33. The Hall–Kier alpha value is -2.73. The summed E-state index contributed by atoms with van der Waals surface area (Å²) in [6.07, 6.45) is 0. The van der Waals surface area contributed by atoms with Crippen LogP contribution in [0.3, 0.4) is 0 Å². The molecule has 1 aliphatic rings. The summed E-state index contributed by atoms with van der Waals surface area (Å²) in [5.41, 5.74) is 3.63. The Morgan fingerprint density at radius 1 is 1.11 bits per heavy atom. The van der Waals surface area contributed by atoms with Gasteiger partial charge in [0, 0.05) is 23.9 Å². The fraction of sp³-hybridized carbons (Fsp3) is 0.250. The summed E-state index contributed by atoms with van der Waals surface area (Å²) in [7, 11) is 0. The lowest BCUT2D eigenvalue weighted by atomic mass is 10.2. The van der Waals surface area contributed by atoms with Gasteiger partial charge in [-0.2, -0.15) is 5.10 Å². The number of nitrogens with zero attached hydrogens (tertiary/aromatic N) is 2. The van der Waals surface area contributed by atoms with E-state index in [0.717, 1.165) is 34.0 Å². The number of aromatic nitrogens is 2. The van der Waals surface area contributed by atoms with Crippen LogP contribution in [0.15, 0.2) is 42.5 Å². The molecule has 1 aliphatic heterocycles. The first kappa shape index (κ1) is 17.7. The number of halogens is 2. The van der Waals surface area contributed by atoms with Crippen molar-refractivity contribution in [3.8, 4) is 11.5 Å². The van der Waals surface area contributed by atoms with E-state index >= 15 is 0 Å². The van der Waals surface area contributed by atoms with Crippen molar-refractivity contribution in [2.45, 2.75) is 20.0 Å². The third-order valence-electron chi connectivity index (χ3n) is 4.44. The van der Waals surface area contributed by atoms with E-state index in [1.165, 1.54) is 12.1 Å². The van der Waals surface area contributed by atoms with Crippen molar-refractivity contribution in [2.75, 3.05) is 18.5 Å². The van der Waals surface area contributed by atoms with Crippen LogP contribution < -0.4 is 14.8 Å². The number of aryl methyl sites for hydroxylation is 1. The number of nitrogens with one attached hydrogen (secondary N) is 1. The molecule has 0 saturated heterocycles. The highest BCUT2D eigenvalue weighted by atomic mass is 35.5. The zero-order valence-corrected chi connectivity index (χ0v) is 15.6. The molecular formula is C20H19ClFN3O2. The maximum atomic E-state index is 13.1. The molecule has 0 unspecified atom stereocenters. The fourth-order valence-corrected chi connectivity index (χ4v) is 3.30. The third-order valence-corrected chi connectivity index (χ3v) is 4.86. The second kappa shape index (κ2) is 7.48. The number of rotatable bonds is 5. The molecule has 0 atom stereocenters. The van der Waals surface area contributed by atoms with Crippen LogP contribution in [0.25, 0.3) is 0 Å². The first-order valence-corrected chi connectivity index (χ1v) is 9.08. The molecule has 5 nitrogen and oxygen atoms in total. The standard InChI is InChI=1S/C20H19ClFN3O2/c1-13-17(11-23-16-6-7-18-19(10-16)27-9-8-26-18)20(21)25(24-13)12-14-2-4-15(22)5-3-14/h2-7,10,23H,8-9,11-12H2,1H3. The largest absolute Gasteiger partial charge is 0.486 e. The molecular weight excluding hydrogens is 369 g/mol. The highest BCUT2D eigenvalue weighted by molar-refractivity contribution is 6.30. The van der Waals surface area contributed by atoms with Crippen LogP contribution in [0.5, 0.6) is 11.5 Å². The van der Waals surface area contributed by atoms with Gasteiger partial charge in [-0.25, -0.2) is 9.07 Å². The van der Waals surface area contributed by atoms with Gasteiger partial charge >= 0.3 is 0 Å². The van der Waals surface area contributed by atoms with Crippen molar-refractivity contribution in [1.82, 2.24) is 9.78 Å². The first-order chi connectivity index (χ1) is 13.1. The van der Waals surface area contributed by atoms with E-state index in [1.807, 2.05) is 25.1 Å². The fourth-order valence-electron chi connectivity index (χ4n) is 3.00. The van der Waals surface area contributed by atoms with Gasteiger partial charge in [0.05, 0.1) is 12.2 Å². The van der Waals surface area contributed by atoms with Crippen molar-refractivity contribution in [3.63, 3.8) is 0 Å². The Bertz CT molecular complexity index is 957. The summed E-state index contributed by atoms with van der Waals surface area (Å²) in [6, 6.07) is 12.1. The normalized spacial score (nSPS) is 12.9. The van der Waals surface area contributed by atoms with Gasteiger partial charge in [-0.05, 0) is 36.8 Å². The summed E-state index contributed by atoms with van der Waals surface area (Å²) in [4.78, 5) is 0. The smallest absolute Gasteiger partial charge is 0.163 e. The van der Waals surface area contributed by atoms with Crippen LogP contribution in [0, 0.1) is 12.7 Å².